The zero-order valence-electron chi connectivity index (χ0n) is 18.6. The highest BCUT2D eigenvalue weighted by Gasteiger charge is 2.30. The summed E-state index contributed by atoms with van der Waals surface area (Å²) in [7, 11) is -1.58. The number of benzene rings is 2. The van der Waals surface area contributed by atoms with Crippen LogP contribution < -0.4 is 0 Å². The maximum Gasteiger partial charge on any atom is 0.227 e. The van der Waals surface area contributed by atoms with Crippen molar-refractivity contribution in [1.29, 1.82) is 0 Å². The van der Waals surface area contributed by atoms with Gasteiger partial charge in [0.25, 0.3) is 0 Å². The molecule has 1 unspecified atom stereocenters. The van der Waals surface area contributed by atoms with Gasteiger partial charge in [-0.25, -0.2) is 8.42 Å². The minimum Gasteiger partial charge on any atom is -0.384 e. The second-order valence-electron chi connectivity index (χ2n) is 8.19. The van der Waals surface area contributed by atoms with Crippen LogP contribution in [0.2, 0.25) is 0 Å². The van der Waals surface area contributed by atoms with Gasteiger partial charge in [-0.3, -0.25) is 4.79 Å². The van der Waals surface area contributed by atoms with Crippen molar-refractivity contribution >= 4 is 15.7 Å². The van der Waals surface area contributed by atoms with E-state index in [-0.39, 0.29) is 18.1 Å². The Kier molecular flexibility index (Phi) is 7.11. The van der Waals surface area contributed by atoms with Crippen molar-refractivity contribution in [2.24, 2.45) is 0 Å². The number of carbonyl (C=O) groups is 1. The number of hydrogen-bond acceptors (Lipinski definition) is 4. The Morgan fingerprint density at radius 2 is 1.79 bits per heavy atom. The van der Waals surface area contributed by atoms with E-state index >= 15 is 0 Å². The molecule has 1 amide bonds. The number of carbonyl (C=O) groups excluding carboxylic acids is 1. The summed E-state index contributed by atoms with van der Waals surface area (Å²) in [6.07, 6.45) is 4.65. The molecule has 0 aliphatic carbocycles. The molecule has 1 atom stereocenters. The summed E-state index contributed by atoms with van der Waals surface area (Å²) >= 11 is 0. The molecular formula is C26H28N2O4S. The summed E-state index contributed by atoms with van der Waals surface area (Å²) in [5, 5.41) is 1.22. The van der Waals surface area contributed by atoms with E-state index in [1.54, 1.807) is 18.1 Å². The summed E-state index contributed by atoms with van der Waals surface area (Å²) in [6.45, 7) is 1.02. The first-order chi connectivity index (χ1) is 15.9. The van der Waals surface area contributed by atoms with Gasteiger partial charge in [-0.2, -0.15) is 0 Å². The van der Waals surface area contributed by atoms with Crippen LogP contribution in [0.5, 0.6) is 0 Å². The standard InChI is InChI=1S/C26H28N2O4S/c1-32-16-13-23-8-5-15-27(23)24-11-9-21(10-12-24)18-26(29)28(19-22-6-3-2-4-7-22)25-14-17-33(30,31)20-25/h2-12,14-15,17,25H,13,16,18-20H2,1H3. The van der Waals surface area contributed by atoms with Gasteiger partial charge in [-0.1, -0.05) is 42.5 Å². The van der Waals surface area contributed by atoms with Crippen molar-refractivity contribution in [1.82, 2.24) is 9.47 Å². The molecule has 0 fully saturated rings. The molecule has 0 bridgehead atoms. The van der Waals surface area contributed by atoms with Crippen molar-refractivity contribution in [3.8, 4) is 5.69 Å². The Hall–Kier alpha value is -3.16. The highest BCUT2D eigenvalue weighted by atomic mass is 32.2. The Morgan fingerprint density at radius 3 is 2.45 bits per heavy atom. The van der Waals surface area contributed by atoms with Gasteiger partial charge in [0.2, 0.25) is 5.91 Å². The van der Waals surface area contributed by atoms with Crippen molar-refractivity contribution in [2.45, 2.75) is 25.4 Å². The van der Waals surface area contributed by atoms with Gasteiger partial charge in [-0.05, 0) is 41.5 Å². The molecule has 1 aromatic heterocycles. The SMILES string of the molecule is COCCc1cccn1-c1ccc(CC(=O)N(Cc2ccccc2)C2C=CS(=O)(=O)C2)cc1. The number of hydrogen-bond donors (Lipinski definition) is 0. The van der Waals surface area contributed by atoms with Crippen molar-refractivity contribution < 1.29 is 17.9 Å². The van der Waals surface area contributed by atoms with Crippen LogP contribution in [0.1, 0.15) is 16.8 Å². The molecule has 4 rings (SSSR count). The third kappa shape index (κ3) is 5.80. The number of sulfone groups is 1. The van der Waals surface area contributed by atoms with E-state index in [2.05, 4.69) is 10.6 Å². The number of ether oxygens (including phenoxy) is 1. The molecular weight excluding hydrogens is 436 g/mol. The molecule has 33 heavy (non-hydrogen) atoms. The minimum absolute atomic E-state index is 0.0671. The van der Waals surface area contributed by atoms with Gasteiger partial charge in [-0.15, -0.1) is 0 Å². The van der Waals surface area contributed by atoms with E-state index in [9.17, 15) is 13.2 Å². The van der Waals surface area contributed by atoms with E-state index in [4.69, 9.17) is 4.74 Å². The molecule has 1 aliphatic heterocycles. The molecule has 0 N–H and O–H groups in total. The molecule has 2 heterocycles. The first-order valence-corrected chi connectivity index (χ1v) is 12.7. The fraction of sp³-hybridized carbons (Fsp3) is 0.269. The molecule has 0 radical (unpaired) electrons. The molecule has 3 aromatic rings. The van der Waals surface area contributed by atoms with Crippen LogP contribution in [0.4, 0.5) is 0 Å². The fourth-order valence-electron chi connectivity index (χ4n) is 4.05. The summed E-state index contributed by atoms with van der Waals surface area (Å²) in [5.74, 6) is -0.164. The lowest BCUT2D eigenvalue weighted by molar-refractivity contribution is -0.132. The van der Waals surface area contributed by atoms with E-state index < -0.39 is 15.9 Å². The monoisotopic (exact) mass is 464 g/mol. The number of rotatable bonds is 9. The Morgan fingerprint density at radius 1 is 1.03 bits per heavy atom. The van der Waals surface area contributed by atoms with Crippen LogP contribution in [-0.2, 0) is 38.8 Å². The zero-order valence-corrected chi connectivity index (χ0v) is 19.4. The molecule has 1 aliphatic rings. The third-order valence-corrected chi connectivity index (χ3v) is 7.17. The second-order valence-corrected chi connectivity index (χ2v) is 10.1. The predicted molar refractivity (Wildman–Crippen MR) is 129 cm³/mol. The fourth-order valence-corrected chi connectivity index (χ4v) is 5.35. The number of aromatic nitrogens is 1. The lowest BCUT2D eigenvalue weighted by Crippen LogP contribution is -2.41. The molecule has 172 valence electrons. The normalized spacial score (nSPS) is 16.7. The third-order valence-electron chi connectivity index (χ3n) is 5.79. The maximum atomic E-state index is 13.3. The number of amides is 1. The summed E-state index contributed by atoms with van der Waals surface area (Å²) < 4.78 is 31.3. The molecule has 0 spiro atoms. The molecule has 6 nitrogen and oxygen atoms in total. The minimum atomic E-state index is -3.27. The number of methoxy groups -OCH3 is 1. The highest BCUT2D eigenvalue weighted by molar-refractivity contribution is 7.94. The van der Waals surface area contributed by atoms with E-state index in [1.165, 1.54) is 5.41 Å². The average Bonchev–Trinajstić information content (AvgIpc) is 3.43. The Bertz CT molecular complexity index is 1210. The van der Waals surface area contributed by atoms with Crippen LogP contribution >= 0.6 is 0 Å². The Balaban J connectivity index is 1.49. The van der Waals surface area contributed by atoms with Crippen LogP contribution in [0.15, 0.2) is 84.4 Å². The summed E-state index contributed by atoms with van der Waals surface area (Å²) in [6, 6.07) is 21.2. The largest absolute Gasteiger partial charge is 0.384 e. The van der Waals surface area contributed by atoms with Gasteiger partial charge in [0.15, 0.2) is 9.84 Å². The average molecular weight is 465 g/mol. The van der Waals surface area contributed by atoms with Crippen LogP contribution in [0.3, 0.4) is 0 Å². The maximum absolute atomic E-state index is 13.3. The molecule has 0 saturated carbocycles. The Labute approximate surface area is 195 Å². The summed E-state index contributed by atoms with van der Waals surface area (Å²) in [5.41, 5.74) is 4.03. The van der Waals surface area contributed by atoms with Crippen molar-refractivity contribution in [2.75, 3.05) is 19.5 Å². The van der Waals surface area contributed by atoms with E-state index in [1.807, 2.05) is 66.9 Å². The van der Waals surface area contributed by atoms with Crippen molar-refractivity contribution in [3.05, 3.63) is 101 Å². The zero-order chi connectivity index (χ0) is 23.3. The summed E-state index contributed by atoms with van der Waals surface area (Å²) in [4.78, 5) is 14.9. The lowest BCUT2D eigenvalue weighted by Gasteiger charge is -2.28. The topological polar surface area (TPSA) is 68.6 Å². The first-order valence-electron chi connectivity index (χ1n) is 10.9. The lowest BCUT2D eigenvalue weighted by atomic mass is 10.1. The second kappa shape index (κ2) is 10.2. The van der Waals surface area contributed by atoms with Crippen LogP contribution in [-0.4, -0.2) is 49.3 Å². The van der Waals surface area contributed by atoms with E-state index in [0.717, 1.165) is 28.9 Å². The molecule has 7 heteroatoms. The quantitative estimate of drug-likeness (QED) is 0.486. The van der Waals surface area contributed by atoms with Gasteiger partial charge in [0.1, 0.15) is 0 Å². The van der Waals surface area contributed by atoms with Gasteiger partial charge >= 0.3 is 0 Å². The smallest absolute Gasteiger partial charge is 0.227 e. The van der Waals surface area contributed by atoms with Gasteiger partial charge in [0, 0.05) is 43.1 Å². The van der Waals surface area contributed by atoms with Gasteiger partial charge < -0.3 is 14.2 Å². The van der Waals surface area contributed by atoms with Gasteiger partial charge in [0.05, 0.1) is 24.8 Å². The van der Waals surface area contributed by atoms with Crippen molar-refractivity contribution in [3.63, 3.8) is 0 Å². The van der Waals surface area contributed by atoms with Crippen LogP contribution in [0.25, 0.3) is 5.69 Å². The van der Waals surface area contributed by atoms with E-state index in [0.29, 0.717) is 13.2 Å². The number of nitrogens with zero attached hydrogens (tertiary/aromatic N) is 2. The predicted octanol–water partition coefficient (Wildman–Crippen LogP) is 3.55. The highest BCUT2D eigenvalue weighted by Crippen LogP contribution is 2.20. The molecule has 2 aromatic carbocycles. The molecule has 0 saturated heterocycles. The first kappa shape index (κ1) is 23.0. The van der Waals surface area contributed by atoms with Crippen LogP contribution in [0, 0.1) is 0 Å².